The minimum absolute atomic E-state index is 0.101. The van der Waals surface area contributed by atoms with Crippen LogP contribution in [0.2, 0.25) is 0 Å². The minimum atomic E-state index is 0.101. The van der Waals surface area contributed by atoms with Gasteiger partial charge in [0.15, 0.2) is 0 Å². The van der Waals surface area contributed by atoms with Gasteiger partial charge in [-0.05, 0) is 49.4 Å². The molecule has 3 aromatic rings. The third-order valence-electron chi connectivity index (χ3n) is 5.98. The molecule has 0 unspecified atom stereocenters. The van der Waals surface area contributed by atoms with Crippen molar-refractivity contribution in [2.75, 3.05) is 13.1 Å². The third kappa shape index (κ3) is 4.13. The summed E-state index contributed by atoms with van der Waals surface area (Å²) in [5, 5.41) is 0.973. The van der Waals surface area contributed by atoms with Gasteiger partial charge in [-0.1, -0.05) is 48.9 Å². The van der Waals surface area contributed by atoms with E-state index in [4.69, 9.17) is 4.74 Å². The average molecular weight is 403 g/mol. The number of piperidine rings is 1. The minimum Gasteiger partial charge on any atom is -0.488 e. The molecule has 2 aromatic carbocycles. The van der Waals surface area contributed by atoms with E-state index in [0.29, 0.717) is 24.8 Å². The summed E-state index contributed by atoms with van der Waals surface area (Å²) in [5.74, 6) is 1.59. The van der Waals surface area contributed by atoms with E-state index in [1.165, 1.54) is 5.56 Å². The van der Waals surface area contributed by atoms with Gasteiger partial charge in [-0.25, -0.2) is 0 Å². The average Bonchev–Trinajstić information content (AvgIpc) is 3.12. The fourth-order valence-corrected chi connectivity index (χ4v) is 4.22. The molecule has 1 fully saturated rings. The fraction of sp³-hybridized carbons (Fsp3) is 0.346. The molecule has 2 heterocycles. The van der Waals surface area contributed by atoms with Crippen molar-refractivity contribution in [2.45, 2.75) is 39.8 Å². The summed E-state index contributed by atoms with van der Waals surface area (Å²) in [4.78, 5) is 15.3. The normalized spacial score (nSPS) is 14.8. The quantitative estimate of drug-likeness (QED) is 0.504. The fourth-order valence-electron chi connectivity index (χ4n) is 4.22. The van der Waals surface area contributed by atoms with Crippen molar-refractivity contribution in [3.05, 3.63) is 78.0 Å². The Morgan fingerprint density at radius 1 is 1.17 bits per heavy atom. The smallest absolute Gasteiger partial charge is 0.270 e. The SMILES string of the molecule is C=CCn1c(C(=O)N2CCC(C)CC2)cc2c(OCc3cccc(C)c3)cccc21. The Kier molecular flexibility index (Phi) is 5.93. The molecule has 1 amide bonds. The predicted molar refractivity (Wildman–Crippen MR) is 122 cm³/mol. The van der Waals surface area contributed by atoms with Gasteiger partial charge in [0.25, 0.3) is 5.91 Å². The molecule has 0 spiro atoms. The van der Waals surface area contributed by atoms with E-state index in [2.05, 4.69) is 43.2 Å². The molecule has 4 rings (SSSR count). The van der Waals surface area contributed by atoms with Crippen molar-refractivity contribution in [1.82, 2.24) is 9.47 Å². The summed E-state index contributed by atoms with van der Waals surface area (Å²) in [5.41, 5.74) is 4.07. The Balaban J connectivity index is 1.66. The molecule has 30 heavy (non-hydrogen) atoms. The number of amides is 1. The Morgan fingerprint density at radius 2 is 1.93 bits per heavy atom. The van der Waals surface area contributed by atoms with Crippen LogP contribution in [0, 0.1) is 12.8 Å². The van der Waals surface area contributed by atoms with Crippen LogP contribution in [-0.4, -0.2) is 28.5 Å². The maximum atomic E-state index is 13.3. The van der Waals surface area contributed by atoms with E-state index in [-0.39, 0.29) is 5.91 Å². The van der Waals surface area contributed by atoms with Gasteiger partial charge in [-0.2, -0.15) is 0 Å². The highest BCUT2D eigenvalue weighted by Gasteiger charge is 2.25. The number of carbonyl (C=O) groups is 1. The summed E-state index contributed by atoms with van der Waals surface area (Å²) in [6.07, 6.45) is 3.98. The summed E-state index contributed by atoms with van der Waals surface area (Å²) < 4.78 is 8.24. The molecule has 156 valence electrons. The Labute approximate surface area is 178 Å². The van der Waals surface area contributed by atoms with Crippen molar-refractivity contribution >= 4 is 16.8 Å². The highest BCUT2D eigenvalue weighted by Crippen LogP contribution is 2.31. The zero-order chi connectivity index (χ0) is 21.1. The highest BCUT2D eigenvalue weighted by molar-refractivity contribution is 6.00. The van der Waals surface area contributed by atoms with Crippen LogP contribution in [0.4, 0.5) is 0 Å². The first-order valence-electron chi connectivity index (χ1n) is 10.8. The van der Waals surface area contributed by atoms with Crippen molar-refractivity contribution in [2.24, 2.45) is 5.92 Å². The van der Waals surface area contributed by atoms with Gasteiger partial charge in [0.2, 0.25) is 0 Å². The Hall–Kier alpha value is -3.01. The summed E-state index contributed by atoms with van der Waals surface area (Å²) in [6, 6.07) is 16.3. The second-order valence-corrected chi connectivity index (χ2v) is 8.37. The van der Waals surface area contributed by atoms with Crippen LogP contribution in [-0.2, 0) is 13.2 Å². The number of allylic oxidation sites excluding steroid dienone is 1. The van der Waals surface area contributed by atoms with Crippen LogP contribution >= 0.6 is 0 Å². The molecule has 4 nitrogen and oxygen atoms in total. The summed E-state index contributed by atoms with van der Waals surface area (Å²) >= 11 is 0. The molecule has 0 saturated carbocycles. The van der Waals surface area contributed by atoms with E-state index in [1.807, 2.05) is 41.3 Å². The number of benzene rings is 2. The summed E-state index contributed by atoms with van der Waals surface area (Å²) in [6.45, 7) is 11.0. The molecule has 0 atom stereocenters. The molecule has 0 N–H and O–H groups in total. The molecule has 1 aromatic heterocycles. The number of hydrogen-bond acceptors (Lipinski definition) is 2. The van der Waals surface area contributed by atoms with Gasteiger partial charge in [-0.15, -0.1) is 6.58 Å². The van der Waals surface area contributed by atoms with E-state index in [1.54, 1.807) is 0 Å². The number of ether oxygens (including phenoxy) is 1. The van der Waals surface area contributed by atoms with Crippen LogP contribution < -0.4 is 4.74 Å². The van der Waals surface area contributed by atoms with E-state index in [9.17, 15) is 4.79 Å². The van der Waals surface area contributed by atoms with Crippen molar-refractivity contribution in [3.8, 4) is 5.75 Å². The number of rotatable bonds is 6. The number of aromatic nitrogens is 1. The van der Waals surface area contributed by atoms with E-state index in [0.717, 1.165) is 48.1 Å². The number of fused-ring (bicyclic) bond motifs is 1. The first kappa shape index (κ1) is 20.3. The predicted octanol–water partition coefficient (Wildman–Crippen LogP) is 5.59. The Morgan fingerprint density at radius 3 is 2.67 bits per heavy atom. The number of carbonyl (C=O) groups excluding carboxylic acids is 1. The number of nitrogens with zero attached hydrogens (tertiary/aromatic N) is 2. The maximum absolute atomic E-state index is 13.3. The third-order valence-corrected chi connectivity index (χ3v) is 5.98. The zero-order valence-corrected chi connectivity index (χ0v) is 17.9. The molecule has 1 saturated heterocycles. The number of likely N-dealkylation sites (tertiary alicyclic amines) is 1. The maximum Gasteiger partial charge on any atom is 0.270 e. The van der Waals surface area contributed by atoms with Crippen LogP contribution in [0.25, 0.3) is 10.9 Å². The second kappa shape index (κ2) is 8.78. The van der Waals surface area contributed by atoms with Gasteiger partial charge in [0, 0.05) is 25.0 Å². The molecule has 0 radical (unpaired) electrons. The molecule has 1 aliphatic rings. The lowest BCUT2D eigenvalue weighted by atomic mass is 9.99. The van der Waals surface area contributed by atoms with Crippen molar-refractivity contribution in [3.63, 3.8) is 0 Å². The first-order chi connectivity index (χ1) is 14.6. The highest BCUT2D eigenvalue weighted by atomic mass is 16.5. The lowest BCUT2D eigenvalue weighted by Gasteiger charge is -2.30. The van der Waals surface area contributed by atoms with Crippen LogP contribution in [0.1, 0.15) is 41.4 Å². The number of hydrogen-bond donors (Lipinski definition) is 0. The standard InChI is InChI=1S/C26H30N2O2/c1-4-13-28-23-9-6-10-25(30-18-21-8-5-7-20(3)16-21)22(23)17-24(28)26(29)27-14-11-19(2)12-15-27/h4-10,16-17,19H,1,11-15,18H2,2-3H3. The molecule has 0 bridgehead atoms. The molecule has 0 aliphatic carbocycles. The molecule has 4 heteroatoms. The van der Waals surface area contributed by atoms with Crippen LogP contribution in [0.5, 0.6) is 5.75 Å². The lowest BCUT2D eigenvalue weighted by molar-refractivity contribution is 0.0687. The number of aryl methyl sites for hydroxylation is 1. The van der Waals surface area contributed by atoms with E-state index < -0.39 is 0 Å². The van der Waals surface area contributed by atoms with Crippen LogP contribution in [0.15, 0.2) is 61.2 Å². The Bertz CT molecular complexity index is 1060. The van der Waals surface area contributed by atoms with Crippen molar-refractivity contribution in [1.29, 1.82) is 0 Å². The summed E-state index contributed by atoms with van der Waals surface area (Å²) in [7, 11) is 0. The van der Waals surface area contributed by atoms with Crippen LogP contribution in [0.3, 0.4) is 0 Å². The van der Waals surface area contributed by atoms with Gasteiger partial charge in [-0.3, -0.25) is 4.79 Å². The molecular formula is C26H30N2O2. The molecular weight excluding hydrogens is 372 g/mol. The lowest BCUT2D eigenvalue weighted by Crippen LogP contribution is -2.38. The monoisotopic (exact) mass is 402 g/mol. The van der Waals surface area contributed by atoms with Gasteiger partial charge in [0.1, 0.15) is 18.1 Å². The zero-order valence-electron chi connectivity index (χ0n) is 17.9. The van der Waals surface area contributed by atoms with E-state index >= 15 is 0 Å². The van der Waals surface area contributed by atoms with Gasteiger partial charge >= 0.3 is 0 Å². The molecule has 1 aliphatic heterocycles. The van der Waals surface area contributed by atoms with Gasteiger partial charge in [0.05, 0.1) is 5.52 Å². The van der Waals surface area contributed by atoms with Crippen molar-refractivity contribution < 1.29 is 9.53 Å². The largest absolute Gasteiger partial charge is 0.488 e. The topological polar surface area (TPSA) is 34.5 Å². The second-order valence-electron chi connectivity index (χ2n) is 8.37. The first-order valence-corrected chi connectivity index (χ1v) is 10.8. The van der Waals surface area contributed by atoms with Gasteiger partial charge < -0.3 is 14.2 Å².